The number of ether oxygens (including phenoxy) is 1. The SMILES string of the molecule is CC(C)(C)OC(=O)Cc1ccc(CC(=O)NC2CCCC2=O)cc1.O=C(Cc1ccc(F)c(C(F)(F)F)c1)NC1CCCC1=O. The number of ketones is 2. The van der Waals surface area contributed by atoms with Crippen molar-refractivity contribution in [1.82, 2.24) is 10.6 Å². The van der Waals surface area contributed by atoms with Crippen LogP contribution in [0.15, 0.2) is 42.5 Å². The van der Waals surface area contributed by atoms with Crippen LogP contribution < -0.4 is 10.6 Å². The van der Waals surface area contributed by atoms with Crippen molar-refractivity contribution in [2.45, 2.75) is 102 Å². The molecule has 0 radical (unpaired) electrons. The minimum absolute atomic E-state index is 0.0478. The third-order valence-electron chi connectivity index (χ3n) is 7.14. The molecule has 2 aromatic rings. The van der Waals surface area contributed by atoms with Crippen molar-refractivity contribution in [3.8, 4) is 0 Å². The fourth-order valence-corrected chi connectivity index (χ4v) is 5.02. The molecule has 12 heteroatoms. The number of hydrogen-bond donors (Lipinski definition) is 2. The first kappa shape index (κ1) is 35.4. The number of nitrogens with one attached hydrogen (secondary N) is 2. The summed E-state index contributed by atoms with van der Waals surface area (Å²) in [5, 5.41) is 5.27. The zero-order valence-corrected chi connectivity index (χ0v) is 25.5. The van der Waals surface area contributed by atoms with E-state index < -0.39 is 35.1 Å². The number of esters is 1. The van der Waals surface area contributed by atoms with E-state index in [0.717, 1.165) is 30.0 Å². The quantitative estimate of drug-likeness (QED) is 0.313. The number of alkyl halides is 3. The summed E-state index contributed by atoms with van der Waals surface area (Å²) in [6, 6.07) is 8.87. The Balaban J connectivity index is 0.000000248. The standard InChI is InChI=1S/C19H25NO4.C14H13F4NO2/c1-19(2,3)24-18(23)12-14-9-7-13(8-10-14)11-17(22)20-15-5-4-6-16(15)21;15-10-5-4-8(6-9(10)14(16,17)18)7-13(21)19-11-2-1-3-12(11)20/h7-10,15H,4-6,11-12H2,1-3H3,(H,20,22);4-6,11H,1-3,7H2,(H,19,21). The van der Waals surface area contributed by atoms with Crippen LogP contribution in [0.2, 0.25) is 0 Å². The fraction of sp³-hybridized carbons (Fsp3) is 0.485. The van der Waals surface area contributed by atoms with Gasteiger partial charge in [0, 0.05) is 12.8 Å². The molecule has 0 aliphatic heterocycles. The second-order valence-corrected chi connectivity index (χ2v) is 12.2. The Morgan fingerprint density at radius 1 is 0.756 bits per heavy atom. The maximum Gasteiger partial charge on any atom is 0.419 e. The molecule has 2 N–H and O–H groups in total. The average Bonchev–Trinajstić information content (AvgIpc) is 3.51. The normalized spacial score (nSPS) is 18.2. The summed E-state index contributed by atoms with van der Waals surface area (Å²) in [6.45, 7) is 5.51. The number of hydrogen-bond acceptors (Lipinski definition) is 6. The Hall–Kier alpha value is -4.09. The summed E-state index contributed by atoms with van der Waals surface area (Å²) in [6.07, 6.45) is -0.908. The second kappa shape index (κ2) is 15.3. The van der Waals surface area contributed by atoms with Gasteiger partial charge < -0.3 is 15.4 Å². The Morgan fingerprint density at radius 2 is 1.20 bits per heavy atom. The first-order chi connectivity index (χ1) is 21.0. The van der Waals surface area contributed by atoms with Crippen LogP contribution in [0.1, 0.15) is 81.5 Å². The molecular weight excluding hydrogens is 596 g/mol. The van der Waals surface area contributed by atoms with Crippen LogP contribution in [0.3, 0.4) is 0 Å². The molecule has 0 heterocycles. The van der Waals surface area contributed by atoms with Crippen molar-refractivity contribution < 1.29 is 46.3 Å². The highest BCUT2D eigenvalue weighted by Crippen LogP contribution is 2.32. The monoisotopic (exact) mass is 634 g/mol. The van der Waals surface area contributed by atoms with Gasteiger partial charge in [-0.25, -0.2) is 4.39 Å². The largest absolute Gasteiger partial charge is 0.460 e. The van der Waals surface area contributed by atoms with Crippen molar-refractivity contribution in [3.63, 3.8) is 0 Å². The number of carbonyl (C=O) groups is 5. The number of carbonyl (C=O) groups excluding carboxylic acids is 5. The first-order valence-electron chi connectivity index (χ1n) is 14.8. The van der Waals surface area contributed by atoms with Gasteiger partial charge in [-0.15, -0.1) is 0 Å². The van der Waals surface area contributed by atoms with Gasteiger partial charge in [0.2, 0.25) is 11.8 Å². The highest BCUT2D eigenvalue weighted by Gasteiger charge is 2.34. The van der Waals surface area contributed by atoms with Crippen LogP contribution in [0, 0.1) is 5.82 Å². The molecule has 2 unspecified atom stereocenters. The molecule has 45 heavy (non-hydrogen) atoms. The molecule has 0 bridgehead atoms. The minimum atomic E-state index is -4.81. The molecule has 4 rings (SSSR count). The van der Waals surface area contributed by atoms with E-state index in [2.05, 4.69) is 10.6 Å². The van der Waals surface area contributed by atoms with Gasteiger partial charge in [-0.1, -0.05) is 30.3 Å². The number of Topliss-reactive ketones (excluding diaryl/α,β-unsaturated/α-hetero) is 2. The van der Waals surface area contributed by atoms with Crippen LogP contribution in [-0.2, 0) is 54.1 Å². The van der Waals surface area contributed by atoms with Gasteiger partial charge in [0.1, 0.15) is 11.4 Å². The predicted octanol–water partition coefficient (Wildman–Crippen LogP) is 4.98. The molecule has 2 aliphatic carbocycles. The molecule has 0 spiro atoms. The van der Waals surface area contributed by atoms with Crippen molar-refractivity contribution in [2.75, 3.05) is 0 Å². The molecule has 244 valence electrons. The number of benzene rings is 2. The Morgan fingerprint density at radius 3 is 1.62 bits per heavy atom. The highest BCUT2D eigenvalue weighted by atomic mass is 19.4. The Labute approximate surface area is 259 Å². The van der Waals surface area contributed by atoms with E-state index in [-0.39, 0.29) is 54.3 Å². The van der Waals surface area contributed by atoms with Crippen LogP contribution in [0.5, 0.6) is 0 Å². The molecule has 2 atom stereocenters. The van der Waals surface area contributed by atoms with Gasteiger partial charge >= 0.3 is 12.1 Å². The summed E-state index contributed by atoms with van der Waals surface area (Å²) < 4.78 is 56.1. The molecular formula is C33H38F4N2O6. The van der Waals surface area contributed by atoms with Crippen molar-refractivity contribution in [3.05, 3.63) is 70.5 Å². The summed E-state index contributed by atoms with van der Waals surface area (Å²) in [4.78, 5) is 58.4. The van der Waals surface area contributed by atoms with Crippen molar-refractivity contribution in [1.29, 1.82) is 0 Å². The summed E-state index contributed by atoms with van der Waals surface area (Å²) in [7, 11) is 0. The summed E-state index contributed by atoms with van der Waals surface area (Å²) in [5.74, 6) is -2.29. The van der Waals surface area contributed by atoms with E-state index in [9.17, 15) is 41.5 Å². The number of rotatable bonds is 8. The predicted molar refractivity (Wildman–Crippen MR) is 156 cm³/mol. The summed E-state index contributed by atoms with van der Waals surface area (Å²) >= 11 is 0. The molecule has 0 saturated heterocycles. The fourth-order valence-electron chi connectivity index (χ4n) is 5.02. The van der Waals surface area contributed by atoms with Gasteiger partial charge in [-0.3, -0.25) is 24.0 Å². The van der Waals surface area contributed by atoms with Crippen LogP contribution in [-0.4, -0.2) is 47.0 Å². The minimum Gasteiger partial charge on any atom is -0.460 e. The smallest absolute Gasteiger partial charge is 0.419 e. The first-order valence-corrected chi connectivity index (χ1v) is 14.8. The Kier molecular flexibility index (Phi) is 12.0. The summed E-state index contributed by atoms with van der Waals surface area (Å²) in [5.41, 5.74) is -0.144. The Bertz CT molecular complexity index is 1400. The van der Waals surface area contributed by atoms with Crippen LogP contribution in [0.4, 0.5) is 17.6 Å². The van der Waals surface area contributed by atoms with E-state index in [1.807, 2.05) is 45.0 Å². The lowest BCUT2D eigenvalue weighted by molar-refractivity contribution is -0.154. The van der Waals surface area contributed by atoms with Gasteiger partial charge in [0.05, 0.1) is 36.9 Å². The number of halogens is 4. The average molecular weight is 635 g/mol. The van der Waals surface area contributed by atoms with E-state index in [1.54, 1.807) is 0 Å². The topological polar surface area (TPSA) is 119 Å². The third-order valence-corrected chi connectivity index (χ3v) is 7.14. The molecule has 2 amide bonds. The van der Waals surface area contributed by atoms with E-state index in [4.69, 9.17) is 4.74 Å². The lowest BCUT2D eigenvalue weighted by atomic mass is 10.1. The van der Waals surface area contributed by atoms with Gasteiger partial charge in [-0.05, 0) is 75.3 Å². The third kappa shape index (κ3) is 11.7. The van der Waals surface area contributed by atoms with Crippen molar-refractivity contribution in [2.24, 2.45) is 0 Å². The number of amides is 2. The molecule has 2 saturated carbocycles. The zero-order chi connectivity index (χ0) is 33.4. The van der Waals surface area contributed by atoms with Crippen LogP contribution in [0.25, 0.3) is 0 Å². The molecule has 2 fully saturated rings. The van der Waals surface area contributed by atoms with E-state index >= 15 is 0 Å². The lowest BCUT2D eigenvalue weighted by Crippen LogP contribution is -2.38. The van der Waals surface area contributed by atoms with Gasteiger partial charge in [-0.2, -0.15) is 13.2 Å². The molecule has 0 aromatic heterocycles. The molecule has 8 nitrogen and oxygen atoms in total. The van der Waals surface area contributed by atoms with Gasteiger partial charge in [0.25, 0.3) is 0 Å². The van der Waals surface area contributed by atoms with Crippen LogP contribution >= 0.6 is 0 Å². The van der Waals surface area contributed by atoms with E-state index in [0.29, 0.717) is 37.8 Å². The lowest BCUT2D eigenvalue weighted by Gasteiger charge is -2.19. The van der Waals surface area contributed by atoms with E-state index in [1.165, 1.54) is 0 Å². The van der Waals surface area contributed by atoms with Gasteiger partial charge in [0.15, 0.2) is 11.6 Å². The maximum absolute atomic E-state index is 13.1. The molecule has 2 aromatic carbocycles. The highest BCUT2D eigenvalue weighted by molar-refractivity contribution is 5.91. The van der Waals surface area contributed by atoms with Crippen molar-refractivity contribution >= 4 is 29.4 Å². The maximum atomic E-state index is 13.1. The zero-order valence-electron chi connectivity index (χ0n) is 25.5. The molecule has 2 aliphatic rings. The second-order valence-electron chi connectivity index (χ2n) is 12.2.